The van der Waals surface area contributed by atoms with Crippen molar-refractivity contribution < 1.29 is 24.2 Å². The van der Waals surface area contributed by atoms with Gasteiger partial charge in [-0.15, -0.1) is 0 Å². The number of hydrogen-bond donors (Lipinski definition) is 3. The molecular weight excluding hydrogens is 324 g/mol. The summed E-state index contributed by atoms with van der Waals surface area (Å²) in [4.78, 5) is 35.2. The van der Waals surface area contributed by atoms with Crippen molar-refractivity contribution in [1.29, 1.82) is 0 Å². The molecule has 0 spiro atoms. The van der Waals surface area contributed by atoms with Gasteiger partial charge in [-0.25, -0.2) is 14.4 Å². The standard InChI is InChI=1S/C18H18N2O5/c1-25-17(23)13-9-5-6-10-14(13)19-18(24)20-15(16(21)22)11-12-7-3-2-4-8-12/h2-10,15H,11H2,1H3,(H,21,22)(H2,19,20,24)/t15-/m0/s1. The lowest BCUT2D eigenvalue weighted by atomic mass is 10.1. The predicted octanol–water partition coefficient (Wildman–Crippen LogP) is 2.29. The zero-order chi connectivity index (χ0) is 18.2. The third kappa shape index (κ3) is 5.07. The number of methoxy groups -OCH3 is 1. The maximum absolute atomic E-state index is 12.1. The number of nitrogens with one attached hydrogen (secondary N) is 2. The number of rotatable bonds is 6. The SMILES string of the molecule is COC(=O)c1ccccc1NC(=O)N[C@@H](Cc1ccccc1)C(=O)O. The third-order valence-corrected chi connectivity index (χ3v) is 3.47. The highest BCUT2D eigenvalue weighted by Gasteiger charge is 2.21. The van der Waals surface area contributed by atoms with Crippen molar-refractivity contribution in [3.05, 3.63) is 65.7 Å². The van der Waals surface area contributed by atoms with Crippen molar-refractivity contribution in [1.82, 2.24) is 5.32 Å². The van der Waals surface area contributed by atoms with Crippen LogP contribution in [0.2, 0.25) is 0 Å². The van der Waals surface area contributed by atoms with Gasteiger partial charge in [-0.3, -0.25) is 0 Å². The molecule has 0 unspecified atom stereocenters. The molecule has 130 valence electrons. The van der Waals surface area contributed by atoms with E-state index < -0.39 is 24.0 Å². The Morgan fingerprint density at radius 2 is 1.68 bits per heavy atom. The zero-order valence-electron chi connectivity index (χ0n) is 13.6. The largest absolute Gasteiger partial charge is 0.480 e. The highest BCUT2D eigenvalue weighted by Crippen LogP contribution is 2.16. The van der Waals surface area contributed by atoms with Crippen LogP contribution in [0, 0.1) is 0 Å². The summed E-state index contributed by atoms with van der Waals surface area (Å²) in [5.41, 5.74) is 1.19. The first-order valence-corrected chi connectivity index (χ1v) is 7.53. The van der Waals surface area contributed by atoms with Crippen LogP contribution >= 0.6 is 0 Å². The maximum Gasteiger partial charge on any atom is 0.339 e. The van der Waals surface area contributed by atoms with Gasteiger partial charge in [0, 0.05) is 6.42 Å². The summed E-state index contributed by atoms with van der Waals surface area (Å²) < 4.78 is 4.65. The molecule has 0 aliphatic heterocycles. The molecule has 0 aliphatic carbocycles. The number of carbonyl (C=O) groups is 3. The quantitative estimate of drug-likeness (QED) is 0.699. The second kappa shape index (κ2) is 8.49. The van der Waals surface area contributed by atoms with Gasteiger partial charge in [0.25, 0.3) is 0 Å². The van der Waals surface area contributed by atoms with Gasteiger partial charge in [-0.2, -0.15) is 0 Å². The first kappa shape index (κ1) is 18.0. The summed E-state index contributed by atoms with van der Waals surface area (Å²) in [7, 11) is 1.24. The van der Waals surface area contributed by atoms with E-state index in [1.54, 1.807) is 36.4 Å². The number of carbonyl (C=O) groups excluding carboxylic acids is 2. The number of anilines is 1. The monoisotopic (exact) mass is 342 g/mol. The number of amides is 2. The molecule has 2 aromatic carbocycles. The molecule has 2 rings (SSSR count). The molecule has 0 saturated carbocycles. The first-order chi connectivity index (χ1) is 12.0. The van der Waals surface area contributed by atoms with Gasteiger partial charge < -0.3 is 20.5 Å². The lowest BCUT2D eigenvalue weighted by molar-refractivity contribution is -0.139. The number of para-hydroxylation sites is 1. The normalized spacial score (nSPS) is 11.2. The van der Waals surface area contributed by atoms with Gasteiger partial charge in [0.2, 0.25) is 0 Å². The number of urea groups is 1. The van der Waals surface area contributed by atoms with Crippen molar-refractivity contribution in [2.75, 3.05) is 12.4 Å². The molecule has 25 heavy (non-hydrogen) atoms. The first-order valence-electron chi connectivity index (χ1n) is 7.53. The number of hydrogen-bond acceptors (Lipinski definition) is 4. The Morgan fingerprint density at radius 1 is 1.04 bits per heavy atom. The molecule has 7 nitrogen and oxygen atoms in total. The third-order valence-electron chi connectivity index (χ3n) is 3.47. The van der Waals surface area contributed by atoms with Crippen LogP contribution in [0.5, 0.6) is 0 Å². The lowest BCUT2D eigenvalue weighted by Gasteiger charge is -2.16. The summed E-state index contributed by atoms with van der Waals surface area (Å²) >= 11 is 0. The summed E-state index contributed by atoms with van der Waals surface area (Å²) in [5, 5.41) is 14.2. The minimum Gasteiger partial charge on any atom is -0.480 e. The van der Waals surface area contributed by atoms with Crippen LogP contribution in [-0.2, 0) is 16.0 Å². The average Bonchev–Trinajstić information content (AvgIpc) is 2.61. The van der Waals surface area contributed by atoms with E-state index in [1.807, 2.05) is 6.07 Å². The van der Waals surface area contributed by atoms with Gasteiger partial charge in [0.15, 0.2) is 0 Å². The van der Waals surface area contributed by atoms with Crippen molar-refractivity contribution in [3.63, 3.8) is 0 Å². The van der Waals surface area contributed by atoms with E-state index in [9.17, 15) is 19.5 Å². The summed E-state index contributed by atoms with van der Waals surface area (Å²) in [6.07, 6.45) is 0.141. The van der Waals surface area contributed by atoms with Crippen LogP contribution in [0.25, 0.3) is 0 Å². The van der Waals surface area contributed by atoms with Crippen molar-refractivity contribution in [2.24, 2.45) is 0 Å². The van der Waals surface area contributed by atoms with Crippen molar-refractivity contribution >= 4 is 23.7 Å². The molecule has 0 heterocycles. The second-order valence-corrected chi connectivity index (χ2v) is 5.22. The van der Waals surface area contributed by atoms with E-state index in [4.69, 9.17) is 0 Å². The van der Waals surface area contributed by atoms with Gasteiger partial charge >= 0.3 is 18.0 Å². The minimum atomic E-state index is -1.15. The van der Waals surface area contributed by atoms with Crippen molar-refractivity contribution in [2.45, 2.75) is 12.5 Å². The highest BCUT2D eigenvalue weighted by atomic mass is 16.5. The van der Waals surface area contributed by atoms with E-state index in [0.29, 0.717) is 0 Å². The molecule has 0 bridgehead atoms. The van der Waals surface area contributed by atoms with E-state index in [-0.39, 0.29) is 17.7 Å². The van der Waals surface area contributed by atoms with Gasteiger partial charge in [0.1, 0.15) is 6.04 Å². The van der Waals surface area contributed by atoms with Crippen LogP contribution in [0.4, 0.5) is 10.5 Å². The number of carboxylic acid groups (broad SMARTS) is 1. The topological polar surface area (TPSA) is 105 Å². The zero-order valence-corrected chi connectivity index (χ0v) is 13.6. The number of esters is 1. The Balaban J connectivity index is 2.07. The molecule has 0 radical (unpaired) electrons. The molecule has 7 heteroatoms. The molecule has 3 N–H and O–H groups in total. The lowest BCUT2D eigenvalue weighted by Crippen LogP contribution is -2.44. The van der Waals surface area contributed by atoms with E-state index >= 15 is 0 Å². The average molecular weight is 342 g/mol. The molecule has 0 saturated heterocycles. The Bertz CT molecular complexity index is 761. The van der Waals surface area contributed by atoms with Gasteiger partial charge in [-0.05, 0) is 17.7 Å². The van der Waals surface area contributed by atoms with Crippen LogP contribution in [-0.4, -0.2) is 36.2 Å². The second-order valence-electron chi connectivity index (χ2n) is 5.22. The van der Waals surface area contributed by atoms with E-state index in [1.165, 1.54) is 19.2 Å². The Labute approximate surface area is 144 Å². The Kier molecular flexibility index (Phi) is 6.11. The Hall–Kier alpha value is -3.35. The van der Waals surface area contributed by atoms with Crippen LogP contribution < -0.4 is 10.6 Å². The fraction of sp³-hybridized carbons (Fsp3) is 0.167. The van der Waals surface area contributed by atoms with Gasteiger partial charge in [0.05, 0.1) is 18.4 Å². The van der Waals surface area contributed by atoms with E-state index in [2.05, 4.69) is 15.4 Å². The maximum atomic E-state index is 12.1. The number of carboxylic acids is 1. The molecule has 2 amide bonds. The fourth-order valence-electron chi connectivity index (χ4n) is 2.25. The molecule has 1 atom stereocenters. The summed E-state index contributed by atoms with van der Waals surface area (Å²) in [6.45, 7) is 0. The van der Waals surface area contributed by atoms with Crippen LogP contribution in [0.15, 0.2) is 54.6 Å². The number of ether oxygens (including phenoxy) is 1. The number of aliphatic carboxylic acids is 1. The van der Waals surface area contributed by atoms with Crippen LogP contribution in [0.1, 0.15) is 15.9 Å². The smallest absolute Gasteiger partial charge is 0.339 e. The molecule has 0 aliphatic rings. The Morgan fingerprint density at radius 3 is 2.32 bits per heavy atom. The predicted molar refractivity (Wildman–Crippen MR) is 91.5 cm³/mol. The fourth-order valence-corrected chi connectivity index (χ4v) is 2.25. The number of benzene rings is 2. The molecular formula is C18H18N2O5. The van der Waals surface area contributed by atoms with Crippen molar-refractivity contribution in [3.8, 4) is 0 Å². The molecule has 2 aromatic rings. The molecule has 0 fully saturated rings. The van der Waals surface area contributed by atoms with E-state index in [0.717, 1.165) is 5.56 Å². The summed E-state index contributed by atoms with van der Waals surface area (Å²) in [6, 6.07) is 13.4. The highest BCUT2D eigenvalue weighted by molar-refractivity contribution is 6.01. The van der Waals surface area contributed by atoms with Crippen LogP contribution in [0.3, 0.4) is 0 Å². The minimum absolute atomic E-state index is 0.141. The van der Waals surface area contributed by atoms with Gasteiger partial charge in [-0.1, -0.05) is 42.5 Å². The molecule has 0 aromatic heterocycles. The summed E-state index contributed by atoms with van der Waals surface area (Å²) in [5.74, 6) is -1.75.